The second-order valence-corrected chi connectivity index (χ2v) is 8.02. The van der Waals surface area contributed by atoms with E-state index in [1.165, 1.54) is 18.2 Å². The largest absolute Gasteiger partial charge is 0.493 e. The van der Waals surface area contributed by atoms with Crippen molar-refractivity contribution in [3.63, 3.8) is 0 Å². The van der Waals surface area contributed by atoms with Crippen LogP contribution in [0, 0.1) is 6.92 Å². The molecule has 31 heavy (non-hydrogen) atoms. The van der Waals surface area contributed by atoms with Gasteiger partial charge >= 0.3 is 5.97 Å². The predicted molar refractivity (Wildman–Crippen MR) is 122 cm³/mol. The van der Waals surface area contributed by atoms with Crippen LogP contribution in [0.25, 0.3) is 0 Å². The fourth-order valence-electron chi connectivity index (χ4n) is 4.21. The Labute approximate surface area is 183 Å². The Morgan fingerprint density at radius 3 is 2.84 bits per heavy atom. The van der Waals surface area contributed by atoms with E-state index in [4.69, 9.17) is 9.47 Å². The summed E-state index contributed by atoms with van der Waals surface area (Å²) in [5.74, 6) is 1.02. The minimum Gasteiger partial charge on any atom is -0.493 e. The summed E-state index contributed by atoms with van der Waals surface area (Å²) in [6.45, 7) is 2.80. The van der Waals surface area contributed by atoms with E-state index in [9.17, 15) is 4.79 Å². The summed E-state index contributed by atoms with van der Waals surface area (Å²) in [5.41, 5.74) is 6.25. The SMILES string of the molecule is COC(=O)c1ccncc1CC[C@@H]1CCOc2cc(N(C)c3cccc(C)c3)ccc21. The number of aryl methyl sites for hydroxylation is 2. The monoisotopic (exact) mass is 416 g/mol. The van der Waals surface area contributed by atoms with Gasteiger partial charge in [-0.2, -0.15) is 0 Å². The van der Waals surface area contributed by atoms with Crippen molar-refractivity contribution < 1.29 is 14.3 Å². The second kappa shape index (κ2) is 9.21. The second-order valence-electron chi connectivity index (χ2n) is 8.02. The first-order valence-corrected chi connectivity index (χ1v) is 10.6. The summed E-state index contributed by atoms with van der Waals surface area (Å²) in [6.07, 6.45) is 6.07. The zero-order chi connectivity index (χ0) is 21.8. The van der Waals surface area contributed by atoms with E-state index in [0.717, 1.165) is 42.0 Å². The molecular formula is C26H28N2O3. The van der Waals surface area contributed by atoms with Crippen LogP contribution in [0.2, 0.25) is 0 Å². The molecule has 5 heteroatoms. The highest BCUT2D eigenvalue weighted by atomic mass is 16.5. The quantitative estimate of drug-likeness (QED) is 0.501. The Morgan fingerprint density at radius 2 is 2.03 bits per heavy atom. The standard InChI is InChI=1S/C26H28N2O3/c1-18-5-4-6-21(15-18)28(2)22-9-10-23-19(12-14-31-25(23)16-22)7-8-20-17-27-13-11-24(20)26(29)30-3/h4-6,9-11,13,15-17,19H,7-8,12,14H2,1-3H3/t19-/m1/s1. The molecule has 1 aliphatic heterocycles. The Bertz CT molecular complexity index is 1080. The lowest BCUT2D eigenvalue weighted by atomic mass is 9.87. The lowest BCUT2D eigenvalue weighted by Crippen LogP contribution is -2.17. The first-order chi connectivity index (χ1) is 15.1. The molecule has 0 saturated carbocycles. The predicted octanol–water partition coefficient (Wildman–Crippen LogP) is 5.44. The van der Waals surface area contributed by atoms with Crippen LogP contribution in [-0.2, 0) is 11.2 Å². The van der Waals surface area contributed by atoms with Crippen molar-refractivity contribution in [1.82, 2.24) is 4.98 Å². The van der Waals surface area contributed by atoms with Gasteiger partial charge < -0.3 is 14.4 Å². The van der Waals surface area contributed by atoms with Crippen LogP contribution in [0.4, 0.5) is 11.4 Å². The lowest BCUT2D eigenvalue weighted by Gasteiger charge is -2.28. The number of ether oxygens (including phenoxy) is 2. The lowest BCUT2D eigenvalue weighted by molar-refractivity contribution is 0.0599. The van der Waals surface area contributed by atoms with Gasteiger partial charge in [0, 0.05) is 36.9 Å². The number of fused-ring (bicyclic) bond motifs is 1. The van der Waals surface area contributed by atoms with Crippen molar-refractivity contribution in [3.8, 4) is 5.75 Å². The van der Waals surface area contributed by atoms with E-state index in [1.54, 1.807) is 18.5 Å². The zero-order valence-corrected chi connectivity index (χ0v) is 18.3. The van der Waals surface area contributed by atoms with Gasteiger partial charge in [-0.05, 0) is 73.1 Å². The van der Waals surface area contributed by atoms with Gasteiger partial charge in [0.05, 0.1) is 19.3 Å². The van der Waals surface area contributed by atoms with Gasteiger partial charge in [0.15, 0.2) is 0 Å². The van der Waals surface area contributed by atoms with Crippen LogP contribution in [0.5, 0.6) is 5.75 Å². The van der Waals surface area contributed by atoms with Gasteiger partial charge in [-0.15, -0.1) is 0 Å². The maximum absolute atomic E-state index is 12.0. The highest BCUT2D eigenvalue weighted by molar-refractivity contribution is 5.90. The van der Waals surface area contributed by atoms with Gasteiger partial charge in [0.1, 0.15) is 5.75 Å². The molecule has 0 N–H and O–H groups in total. The van der Waals surface area contributed by atoms with Gasteiger partial charge in [-0.1, -0.05) is 18.2 Å². The summed E-state index contributed by atoms with van der Waals surface area (Å²) in [5, 5.41) is 0. The Morgan fingerprint density at radius 1 is 1.19 bits per heavy atom. The summed E-state index contributed by atoms with van der Waals surface area (Å²) >= 11 is 0. The molecule has 0 amide bonds. The minimum absolute atomic E-state index is 0.311. The Balaban J connectivity index is 1.52. The van der Waals surface area contributed by atoms with Crippen molar-refractivity contribution in [3.05, 3.63) is 83.2 Å². The molecule has 1 aliphatic rings. The van der Waals surface area contributed by atoms with Crippen molar-refractivity contribution >= 4 is 17.3 Å². The van der Waals surface area contributed by atoms with E-state index < -0.39 is 0 Å². The van der Waals surface area contributed by atoms with Gasteiger partial charge in [0.25, 0.3) is 0 Å². The molecule has 0 fully saturated rings. The zero-order valence-electron chi connectivity index (χ0n) is 18.3. The third-order valence-electron chi connectivity index (χ3n) is 6.01. The van der Waals surface area contributed by atoms with Crippen LogP contribution in [-0.4, -0.2) is 31.7 Å². The van der Waals surface area contributed by atoms with Gasteiger partial charge in [-0.25, -0.2) is 4.79 Å². The highest BCUT2D eigenvalue weighted by Gasteiger charge is 2.23. The number of carbonyl (C=O) groups excluding carboxylic acids is 1. The van der Waals surface area contributed by atoms with Crippen molar-refractivity contribution in [2.45, 2.75) is 32.1 Å². The first-order valence-electron chi connectivity index (χ1n) is 10.6. The molecular weight excluding hydrogens is 388 g/mol. The first kappa shape index (κ1) is 20.9. The number of carbonyl (C=O) groups is 1. The molecule has 4 rings (SSSR count). The van der Waals surface area contributed by atoms with Gasteiger partial charge in [-0.3, -0.25) is 4.98 Å². The smallest absolute Gasteiger partial charge is 0.338 e. The summed E-state index contributed by atoms with van der Waals surface area (Å²) in [7, 11) is 3.49. The molecule has 160 valence electrons. The van der Waals surface area contributed by atoms with Crippen molar-refractivity contribution in [2.75, 3.05) is 25.7 Å². The third-order valence-corrected chi connectivity index (χ3v) is 6.01. The van der Waals surface area contributed by atoms with Crippen LogP contribution in [0.15, 0.2) is 60.9 Å². The number of esters is 1. The number of methoxy groups -OCH3 is 1. The van der Waals surface area contributed by atoms with Crippen molar-refractivity contribution in [2.24, 2.45) is 0 Å². The van der Waals surface area contributed by atoms with Crippen LogP contribution < -0.4 is 9.64 Å². The molecule has 0 saturated heterocycles. The number of pyridine rings is 1. The number of aromatic nitrogens is 1. The number of rotatable bonds is 6. The maximum Gasteiger partial charge on any atom is 0.338 e. The minimum atomic E-state index is -0.311. The van der Waals surface area contributed by atoms with E-state index in [2.05, 4.69) is 66.3 Å². The third kappa shape index (κ3) is 4.55. The van der Waals surface area contributed by atoms with E-state index in [1.807, 2.05) is 0 Å². The molecule has 0 unspecified atom stereocenters. The fraction of sp³-hybridized carbons (Fsp3) is 0.308. The molecule has 5 nitrogen and oxygen atoms in total. The molecule has 2 heterocycles. The normalized spacial score (nSPS) is 15.0. The van der Waals surface area contributed by atoms with Gasteiger partial charge in [0.2, 0.25) is 0 Å². The molecule has 3 aromatic rings. The summed E-state index contributed by atoms with van der Waals surface area (Å²) in [6, 6.07) is 16.7. The molecule has 1 aromatic heterocycles. The molecule has 0 bridgehead atoms. The number of hydrogen-bond donors (Lipinski definition) is 0. The summed E-state index contributed by atoms with van der Waals surface area (Å²) < 4.78 is 10.9. The fourth-order valence-corrected chi connectivity index (χ4v) is 4.21. The molecule has 0 radical (unpaired) electrons. The molecule has 1 atom stereocenters. The van der Waals surface area contributed by atoms with Crippen LogP contribution in [0.3, 0.4) is 0 Å². The van der Waals surface area contributed by atoms with Crippen molar-refractivity contribution in [1.29, 1.82) is 0 Å². The maximum atomic E-state index is 12.0. The molecule has 0 spiro atoms. The Kier molecular flexibility index (Phi) is 6.21. The molecule has 0 aliphatic carbocycles. The average Bonchev–Trinajstić information content (AvgIpc) is 2.81. The number of benzene rings is 2. The summed E-state index contributed by atoms with van der Waals surface area (Å²) in [4.78, 5) is 18.4. The Hall–Kier alpha value is -3.34. The highest BCUT2D eigenvalue weighted by Crippen LogP contribution is 2.39. The average molecular weight is 417 g/mol. The number of anilines is 2. The van der Waals surface area contributed by atoms with E-state index >= 15 is 0 Å². The van der Waals surface area contributed by atoms with Crippen LogP contribution >= 0.6 is 0 Å². The van der Waals surface area contributed by atoms with E-state index in [-0.39, 0.29) is 5.97 Å². The van der Waals surface area contributed by atoms with E-state index in [0.29, 0.717) is 18.1 Å². The number of nitrogens with zero attached hydrogens (tertiary/aromatic N) is 2. The topological polar surface area (TPSA) is 51.7 Å². The van der Waals surface area contributed by atoms with Crippen LogP contribution in [0.1, 0.15) is 45.8 Å². The number of hydrogen-bond acceptors (Lipinski definition) is 5. The molecule has 2 aromatic carbocycles.